The minimum Gasteiger partial charge on any atom is -0.336 e. The molecule has 2 aromatic carbocycles. The third-order valence-electron chi connectivity index (χ3n) is 6.27. The molecule has 0 aliphatic carbocycles. The van der Waals surface area contributed by atoms with Crippen LogP contribution in [-0.2, 0) is 16.1 Å². The van der Waals surface area contributed by atoms with Gasteiger partial charge in [-0.25, -0.2) is 4.98 Å². The Morgan fingerprint density at radius 1 is 1.06 bits per heavy atom. The maximum Gasteiger partial charge on any atom is 0.243 e. The molecule has 168 valence electrons. The van der Waals surface area contributed by atoms with E-state index < -0.39 is 0 Å². The molecule has 0 bridgehead atoms. The summed E-state index contributed by atoms with van der Waals surface area (Å²) in [5.74, 6) is 0.921. The topological polar surface area (TPSA) is 58.4 Å². The van der Waals surface area contributed by atoms with Crippen molar-refractivity contribution in [3.05, 3.63) is 59.9 Å². The molecule has 1 unspecified atom stereocenters. The fourth-order valence-electron chi connectivity index (χ4n) is 4.94. The zero-order valence-electron chi connectivity index (χ0n) is 19.6. The SMILES string of the molecule is Cc1ccccc1N1CC(c2nc3ccccc3n2CC(=O)N(C(C)C)C(C)C)CC1=O. The number of aromatic nitrogens is 2. The lowest BCUT2D eigenvalue weighted by molar-refractivity contribution is -0.135. The number of nitrogens with zero attached hydrogens (tertiary/aromatic N) is 4. The van der Waals surface area contributed by atoms with Crippen LogP contribution in [0.25, 0.3) is 11.0 Å². The highest BCUT2D eigenvalue weighted by molar-refractivity contribution is 5.97. The number of rotatable bonds is 6. The van der Waals surface area contributed by atoms with E-state index in [1.165, 1.54) is 0 Å². The molecule has 0 spiro atoms. The second-order valence-electron chi connectivity index (χ2n) is 9.23. The summed E-state index contributed by atoms with van der Waals surface area (Å²) in [7, 11) is 0. The number of imidazole rings is 1. The zero-order valence-corrected chi connectivity index (χ0v) is 19.6. The van der Waals surface area contributed by atoms with Crippen LogP contribution in [0.5, 0.6) is 0 Å². The van der Waals surface area contributed by atoms with Crippen LogP contribution in [0.3, 0.4) is 0 Å². The Hall–Kier alpha value is -3.15. The predicted molar refractivity (Wildman–Crippen MR) is 128 cm³/mol. The first-order valence-electron chi connectivity index (χ1n) is 11.4. The number of fused-ring (bicyclic) bond motifs is 1. The normalized spacial score (nSPS) is 16.5. The van der Waals surface area contributed by atoms with Gasteiger partial charge in [0.15, 0.2) is 0 Å². The standard InChI is InChI=1S/C26H32N4O2/c1-17(2)30(18(3)4)25(32)16-29-23-13-9-7-11-21(23)27-26(29)20-14-24(31)28(15-20)22-12-8-6-10-19(22)5/h6-13,17-18,20H,14-16H2,1-5H3. The molecule has 0 saturated carbocycles. The summed E-state index contributed by atoms with van der Waals surface area (Å²) in [5.41, 5.74) is 3.82. The summed E-state index contributed by atoms with van der Waals surface area (Å²) in [6.07, 6.45) is 0.393. The Kier molecular flexibility index (Phi) is 6.04. The van der Waals surface area contributed by atoms with Crippen molar-refractivity contribution in [2.24, 2.45) is 0 Å². The molecule has 2 amide bonds. The van der Waals surface area contributed by atoms with Crippen LogP contribution < -0.4 is 4.90 Å². The van der Waals surface area contributed by atoms with Crippen molar-refractivity contribution >= 4 is 28.5 Å². The Morgan fingerprint density at radius 3 is 2.41 bits per heavy atom. The number of hydrogen-bond donors (Lipinski definition) is 0. The molecule has 1 atom stereocenters. The van der Waals surface area contributed by atoms with E-state index in [0.717, 1.165) is 28.1 Å². The Bertz CT molecular complexity index is 1140. The Morgan fingerprint density at radius 2 is 1.72 bits per heavy atom. The molecule has 6 nitrogen and oxygen atoms in total. The van der Waals surface area contributed by atoms with E-state index >= 15 is 0 Å². The quantitative estimate of drug-likeness (QED) is 0.576. The largest absolute Gasteiger partial charge is 0.336 e. The van der Waals surface area contributed by atoms with Gasteiger partial charge >= 0.3 is 0 Å². The molecule has 4 rings (SSSR count). The number of carbonyl (C=O) groups is 2. The van der Waals surface area contributed by atoms with Crippen molar-refractivity contribution in [1.82, 2.24) is 14.5 Å². The average molecular weight is 433 g/mol. The van der Waals surface area contributed by atoms with Crippen LogP contribution in [0.2, 0.25) is 0 Å². The number of carbonyl (C=O) groups excluding carboxylic acids is 2. The summed E-state index contributed by atoms with van der Waals surface area (Å²) < 4.78 is 2.02. The van der Waals surface area contributed by atoms with E-state index in [0.29, 0.717) is 13.0 Å². The molecule has 1 aliphatic heterocycles. The van der Waals surface area contributed by atoms with Gasteiger partial charge in [0.2, 0.25) is 11.8 Å². The number of amides is 2. The molecular weight excluding hydrogens is 400 g/mol. The molecule has 1 fully saturated rings. The first-order valence-corrected chi connectivity index (χ1v) is 11.4. The third kappa shape index (κ3) is 4.01. The van der Waals surface area contributed by atoms with E-state index in [9.17, 15) is 9.59 Å². The summed E-state index contributed by atoms with van der Waals surface area (Å²) in [6.45, 7) is 11.0. The molecule has 1 aromatic heterocycles. The monoisotopic (exact) mass is 432 g/mol. The molecule has 1 saturated heterocycles. The predicted octanol–water partition coefficient (Wildman–Crippen LogP) is 4.51. The highest BCUT2D eigenvalue weighted by Crippen LogP contribution is 2.34. The van der Waals surface area contributed by atoms with Gasteiger partial charge in [0.25, 0.3) is 0 Å². The molecule has 2 heterocycles. The zero-order chi connectivity index (χ0) is 23.0. The summed E-state index contributed by atoms with van der Waals surface area (Å²) in [6, 6.07) is 16.1. The van der Waals surface area contributed by atoms with Crippen LogP contribution in [0.4, 0.5) is 5.69 Å². The second kappa shape index (κ2) is 8.77. The Labute approximate surface area is 189 Å². The van der Waals surface area contributed by atoms with E-state index in [4.69, 9.17) is 4.98 Å². The lowest BCUT2D eigenvalue weighted by atomic mass is 10.1. The van der Waals surface area contributed by atoms with Crippen molar-refractivity contribution in [3.8, 4) is 0 Å². The van der Waals surface area contributed by atoms with E-state index in [2.05, 4.69) is 0 Å². The fraction of sp³-hybridized carbons (Fsp3) is 0.423. The molecule has 0 radical (unpaired) electrons. The van der Waals surface area contributed by atoms with E-state index in [1.807, 2.05) is 97.5 Å². The molecule has 32 heavy (non-hydrogen) atoms. The van der Waals surface area contributed by atoms with Gasteiger partial charge in [-0.2, -0.15) is 0 Å². The number of benzene rings is 2. The van der Waals surface area contributed by atoms with Crippen LogP contribution in [0.1, 0.15) is 51.4 Å². The third-order valence-corrected chi connectivity index (χ3v) is 6.27. The average Bonchev–Trinajstić information content (AvgIpc) is 3.28. The lowest BCUT2D eigenvalue weighted by Crippen LogP contribution is -2.44. The maximum absolute atomic E-state index is 13.3. The number of para-hydroxylation sites is 3. The van der Waals surface area contributed by atoms with Crippen molar-refractivity contribution in [3.63, 3.8) is 0 Å². The summed E-state index contributed by atoms with van der Waals surface area (Å²) in [5, 5.41) is 0. The van der Waals surface area contributed by atoms with Gasteiger partial charge in [0.1, 0.15) is 12.4 Å². The molecule has 6 heteroatoms. The van der Waals surface area contributed by atoms with Crippen molar-refractivity contribution in [2.75, 3.05) is 11.4 Å². The number of anilines is 1. The molecule has 1 aliphatic rings. The van der Waals surface area contributed by atoms with Gasteiger partial charge in [-0.15, -0.1) is 0 Å². The summed E-state index contributed by atoms with van der Waals surface area (Å²) >= 11 is 0. The molecular formula is C26H32N4O2. The van der Waals surface area contributed by atoms with Crippen LogP contribution in [0, 0.1) is 6.92 Å². The van der Waals surface area contributed by atoms with Gasteiger partial charge in [-0.1, -0.05) is 30.3 Å². The second-order valence-corrected chi connectivity index (χ2v) is 9.23. The van der Waals surface area contributed by atoms with Crippen LogP contribution in [0.15, 0.2) is 48.5 Å². The number of aryl methyl sites for hydroxylation is 1. The minimum absolute atomic E-state index is 0.0612. The van der Waals surface area contributed by atoms with Crippen molar-refractivity contribution in [1.29, 1.82) is 0 Å². The van der Waals surface area contributed by atoms with Crippen molar-refractivity contribution in [2.45, 2.75) is 65.6 Å². The maximum atomic E-state index is 13.3. The minimum atomic E-state index is -0.0612. The van der Waals surface area contributed by atoms with Gasteiger partial charge in [0.05, 0.1) is 11.0 Å². The van der Waals surface area contributed by atoms with Crippen LogP contribution in [-0.4, -0.2) is 44.9 Å². The fourth-order valence-corrected chi connectivity index (χ4v) is 4.94. The summed E-state index contributed by atoms with van der Waals surface area (Å²) in [4.78, 5) is 34.9. The first-order chi connectivity index (χ1) is 15.3. The smallest absolute Gasteiger partial charge is 0.243 e. The van der Waals surface area contributed by atoms with Gasteiger partial charge in [0, 0.05) is 36.7 Å². The van der Waals surface area contributed by atoms with E-state index in [1.54, 1.807) is 0 Å². The van der Waals surface area contributed by atoms with E-state index in [-0.39, 0.29) is 36.4 Å². The Balaban J connectivity index is 1.70. The lowest BCUT2D eigenvalue weighted by Gasteiger charge is -2.31. The van der Waals surface area contributed by atoms with Gasteiger partial charge in [-0.05, 0) is 58.4 Å². The van der Waals surface area contributed by atoms with Crippen LogP contribution >= 0.6 is 0 Å². The van der Waals surface area contributed by atoms with Gasteiger partial charge in [-0.3, -0.25) is 9.59 Å². The first kappa shape index (κ1) is 22.1. The highest BCUT2D eigenvalue weighted by Gasteiger charge is 2.36. The van der Waals surface area contributed by atoms with Crippen molar-refractivity contribution < 1.29 is 9.59 Å². The molecule has 0 N–H and O–H groups in total. The number of hydrogen-bond acceptors (Lipinski definition) is 3. The van der Waals surface area contributed by atoms with Gasteiger partial charge < -0.3 is 14.4 Å². The highest BCUT2D eigenvalue weighted by atomic mass is 16.2. The molecule has 3 aromatic rings.